The maximum absolute atomic E-state index is 5.96. The van der Waals surface area contributed by atoms with Crippen molar-refractivity contribution in [2.24, 2.45) is 7.05 Å². The maximum Gasteiger partial charge on any atom is 0.183 e. The van der Waals surface area contributed by atoms with Crippen LogP contribution in [0.15, 0.2) is 30.6 Å². The van der Waals surface area contributed by atoms with Crippen LogP contribution in [0.5, 0.6) is 0 Å². The molecule has 0 aliphatic rings. The molecule has 0 radical (unpaired) electrons. The average Bonchev–Trinajstić information content (AvgIpc) is 2.95. The van der Waals surface area contributed by atoms with Gasteiger partial charge in [-0.2, -0.15) is 0 Å². The molecule has 0 aliphatic heterocycles. The predicted molar refractivity (Wildman–Crippen MR) is 80.0 cm³/mol. The van der Waals surface area contributed by atoms with Crippen molar-refractivity contribution < 1.29 is 0 Å². The lowest BCUT2D eigenvalue weighted by Gasteiger charge is -2.02. The number of aryl methyl sites for hydroxylation is 1. The van der Waals surface area contributed by atoms with Crippen molar-refractivity contribution in [2.75, 3.05) is 11.9 Å². The van der Waals surface area contributed by atoms with Gasteiger partial charge in [0.1, 0.15) is 5.82 Å². The van der Waals surface area contributed by atoms with Gasteiger partial charge in [-0.1, -0.05) is 22.9 Å². The summed E-state index contributed by atoms with van der Waals surface area (Å²) in [6.45, 7) is 0.818. The van der Waals surface area contributed by atoms with Crippen LogP contribution in [0.2, 0.25) is 5.02 Å². The lowest BCUT2D eigenvalue weighted by molar-refractivity contribution is 0.789. The Morgan fingerprint density at radius 2 is 2.32 bits per heavy atom. The molecule has 0 spiro atoms. The number of halogens is 1. The van der Waals surface area contributed by atoms with Gasteiger partial charge >= 0.3 is 0 Å². The van der Waals surface area contributed by atoms with E-state index in [4.69, 9.17) is 11.6 Å². The normalized spacial score (nSPS) is 11.1. The molecular formula is C13H13ClN4S. The standard InChI is InChI=1S/C13H13ClN4S/c1-18-7-6-15-12(18)4-5-16-13-17-10-3-2-9(14)8-11(10)19-13/h2-3,6-8H,4-5H2,1H3,(H,16,17). The SMILES string of the molecule is Cn1ccnc1CCNc1nc2ccc(Cl)cc2s1. The summed E-state index contributed by atoms with van der Waals surface area (Å²) in [5.74, 6) is 1.07. The zero-order valence-electron chi connectivity index (χ0n) is 10.4. The van der Waals surface area contributed by atoms with E-state index in [1.165, 1.54) is 0 Å². The first-order valence-corrected chi connectivity index (χ1v) is 7.18. The summed E-state index contributed by atoms with van der Waals surface area (Å²) in [7, 11) is 2.00. The van der Waals surface area contributed by atoms with Crippen LogP contribution < -0.4 is 5.32 Å². The highest BCUT2D eigenvalue weighted by atomic mass is 35.5. The van der Waals surface area contributed by atoms with Crippen molar-refractivity contribution in [1.82, 2.24) is 14.5 Å². The summed E-state index contributed by atoms with van der Waals surface area (Å²) in [5, 5.41) is 5.00. The molecule has 0 fully saturated rings. The van der Waals surface area contributed by atoms with Gasteiger partial charge in [0.25, 0.3) is 0 Å². The molecule has 0 unspecified atom stereocenters. The molecule has 2 aromatic heterocycles. The minimum atomic E-state index is 0.746. The quantitative estimate of drug-likeness (QED) is 0.802. The van der Waals surface area contributed by atoms with Crippen molar-refractivity contribution in [1.29, 1.82) is 0 Å². The molecule has 3 aromatic rings. The summed E-state index contributed by atoms with van der Waals surface area (Å²) in [6, 6.07) is 5.75. The Labute approximate surface area is 120 Å². The molecule has 0 saturated heterocycles. The van der Waals surface area contributed by atoms with E-state index >= 15 is 0 Å². The van der Waals surface area contributed by atoms with Gasteiger partial charge in [-0.25, -0.2) is 9.97 Å². The first kappa shape index (κ1) is 12.4. The molecule has 0 aliphatic carbocycles. The number of anilines is 1. The van der Waals surface area contributed by atoms with Gasteiger partial charge in [-0.15, -0.1) is 0 Å². The first-order valence-electron chi connectivity index (χ1n) is 5.98. The average molecular weight is 293 g/mol. The number of hydrogen-bond donors (Lipinski definition) is 1. The molecule has 1 aromatic carbocycles. The monoisotopic (exact) mass is 292 g/mol. The number of aromatic nitrogens is 3. The second kappa shape index (κ2) is 5.19. The Kier molecular flexibility index (Phi) is 3.40. The van der Waals surface area contributed by atoms with Gasteiger partial charge in [-0.05, 0) is 18.2 Å². The number of imidazole rings is 1. The van der Waals surface area contributed by atoms with Crippen molar-refractivity contribution in [2.45, 2.75) is 6.42 Å². The highest BCUT2D eigenvalue weighted by Crippen LogP contribution is 2.28. The Hall–Kier alpha value is -1.59. The smallest absolute Gasteiger partial charge is 0.183 e. The van der Waals surface area contributed by atoms with E-state index < -0.39 is 0 Å². The second-order valence-corrected chi connectivity index (χ2v) is 5.73. The predicted octanol–water partition coefficient (Wildman–Crippen LogP) is 3.34. The fraction of sp³-hybridized carbons (Fsp3) is 0.231. The van der Waals surface area contributed by atoms with Crippen LogP contribution in [0.3, 0.4) is 0 Å². The highest BCUT2D eigenvalue weighted by Gasteiger charge is 2.04. The number of rotatable bonds is 4. The van der Waals surface area contributed by atoms with Crippen molar-refractivity contribution in [3.8, 4) is 0 Å². The third kappa shape index (κ3) is 2.72. The minimum absolute atomic E-state index is 0.746. The minimum Gasteiger partial charge on any atom is -0.361 e. The molecule has 2 heterocycles. The molecule has 0 atom stereocenters. The third-order valence-electron chi connectivity index (χ3n) is 2.90. The Bertz CT molecular complexity index is 704. The third-order valence-corrected chi connectivity index (χ3v) is 4.11. The largest absolute Gasteiger partial charge is 0.361 e. The van der Waals surface area contributed by atoms with Gasteiger partial charge in [-0.3, -0.25) is 0 Å². The van der Waals surface area contributed by atoms with Crippen LogP contribution in [-0.4, -0.2) is 21.1 Å². The molecule has 1 N–H and O–H groups in total. The molecule has 0 saturated carbocycles. The number of fused-ring (bicyclic) bond motifs is 1. The summed E-state index contributed by atoms with van der Waals surface area (Å²) in [5.41, 5.74) is 0.980. The van der Waals surface area contributed by atoms with E-state index in [0.717, 1.165) is 39.2 Å². The summed E-state index contributed by atoms with van der Waals surface area (Å²) >= 11 is 7.58. The molecule has 19 heavy (non-hydrogen) atoms. The van der Waals surface area contributed by atoms with Crippen LogP contribution in [0.4, 0.5) is 5.13 Å². The maximum atomic E-state index is 5.96. The molecular weight excluding hydrogens is 280 g/mol. The molecule has 0 amide bonds. The van der Waals surface area contributed by atoms with Gasteiger partial charge < -0.3 is 9.88 Å². The number of benzene rings is 1. The number of nitrogens with zero attached hydrogens (tertiary/aromatic N) is 3. The number of thiazole rings is 1. The fourth-order valence-electron chi connectivity index (χ4n) is 1.89. The molecule has 3 rings (SSSR count). The zero-order valence-corrected chi connectivity index (χ0v) is 12.0. The van der Waals surface area contributed by atoms with Crippen LogP contribution >= 0.6 is 22.9 Å². The van der Waals surface area contributed by atoms with E-state index in [1.807, 2.05) is 42.2 Å². The van der Waals surface area contributed by atoms with Crippen LogP contribution in [0, 0.1) is 0 Å². The van der Waals surface area contributed by atoms with Crippen LogP contribution in [-0.2, 0) is 13.5 Å². The van der Waals surface area contributed by atoms with Crippen LogP contribution in [0.25, 0.3) is 10.2 Å². The van der Waals surface area contributed by atoms with Gasteiger partial charge in [0.05, 0.1) is 10.2 Å². The van der Waals surface area contributed by atoms with Gasteiger partial charge in [0.15, 0.2) is 5.13 Å². The van der Waals surface area contributed by atoms with Crippen molar-refractivity contribution in [3.05, 3.63) is 41.4 Å². The fourth-order valence-corrected chi connectivity index (χ4v) is 3.06. The Morgan fingerprint density at radius 1 is 1.42 bits per heavy atom. The number of nitrogens with one attached hydrogen (secondary N) is 1. The van der Waals surface area contributed by atoms with E-state index in [-0.39, 0.29) is 0 Å². The Balaban J connectivity index is 1.67. The van der Waals surface area contributed by atoms with E-state index in [9.17, 15) is 0 Å². The van der Waals surface area contributed by atoms with Gasteiger partial charge in [0.2, 0.25) is 0 Å². The van der Waals surface area contributed by atoms with Crippen molar-refractivity contribution in [3.63, 3.8) is 0 Å². The second-order valence-electron chi connectivity index (χ2n) is 4.26. The first-order chi connectivity index (χ1) is 9.22. The highest BCUT2D eigenvalue weighted by molar-refractivity contribution is 7.22. The molecule has 98 valence electrons. The molecule has 6 heteroatoms. The molecule has 0 bridgehead atoms. The summed E-state index contributed by atoms with van der Waals surface area (Å²) < 4.78 is 3.13. The number of hydrogen-bond acceptors (Lipinski definition) is 4. The zero-order chi connectivity index (χ0) is 13.2. The lowest BCUT2D eigenvalue weighted by Crippen LogP contribution is -2.08. The van der Waals surface area contributed by atoms with E-state index in [0.29, 0.717) is 0 Å². The molecule has 4 nitrogen and oxygen atoms in total. The summed E-state index contributed by atoms with van der Waals surface area (Å²) in [6.07, 6.45) is 4.64. The summed E-state index contributed by atoms with van der Waals surface area (Å²) in [4.78, 5) is 8.81. The van der Waals surface area contributed by atoms with E-state index in [2.05, 4.69) is 15.3 Å². The van der Waals surface area contributed by atoms with E-state index in [1.54, 1.807) is 11.3 Å². The van der Waals surface area contributed by atoms with Crippen molar-refractivity contribution >= 4 is 38.3 Å². The lowest BCUT2D eigenvalue weighted by atomic mass is 10.3. The topological polar surface area (TPSA) is 42.7 Å². The Morgan fingerprint density at radius 3 is 3.11 bits per heavy atom. The van der Waals surface area contributed by atoms with Gasteiger partial charge in [0, 0.05) is 37.4 Å². The van der Waals surface area contributed by atoms with Crippen LogP contribution in [0.1, 0.15) is 5.82 Å².